The third-order valence-electron chi connectivity index (χ3n) is 2.46. The van der Waals surface area contributed by atoms with Gasteiger partial charge in [-0.15, -0.1) is 0 Å². The Labute approximate surface area is 132 Å². The number of hydrogen-bond donors (Lipinski definition) is 2. The van der Waals surface area contributed by atoms with Crippen molar-refractivity contribution in [2.24, 2.45) is 10.9 Å². The molecule has 21 heavy (non-hydrogen) atoms. The number of hydrogen-bond acceptors (Lipinski definition) is 6. The molecule has 1 heterocycles. The Balaban J connectivity index is 2.42. The number of nitro groups is 1. The van der Waals surface area contributed by atoms with Gasteiger partial charge in [-0.2, -0.15) is 0 Å². The fraction of sp³-hybridized carbons (Fsp3) is 0. The SMILES string of the molecule is NC(=NO)c1cc([N+](=O)[O-])cnc1Sc1ccc(Br)cc1. The summed E-state index contributed by atoms with van der Waals surface area (Å²) in [6.07, 6.45) is 1.13. The van der Waals surface area contributed by atoms with Crippen LogP contribution < -0.4 is 5.73 Å². The van der Waals surface area contributed by atoms with E-state index in [2.05, 4.69) is 26.1 Å². The van der Waals surface area contributed by atoms with Gasteiger partial charge in [-0.1, -0.05) is 32.8 Å². The van der Waals surface area contributed by atoms with E-state index in [-0.39, 0.29) is 17.1 Å². The lowest BCUT2D eigenvalue weighted by Crippen LogP contribution is -2.15. The zero-order chi connectivity index (χ0) is 15.4. The largest absolute Gasteiger partial charge is 0.409 e. The van der Waals surface area contributed by atoms with Crippen molar-refractivity contribution in [3.63, 3.8) is 0 Å². The zero-order valence-corrected chi connectivity index (χ0v) is 12.8. The maximum absolute atomic E-state index is 10.8. The maximum Gasteiger partial charge on any atom is 0.288 e. The molecule has 0 saturated carbocycles. The first-order chi connectivity index (χ1) is 10.0. The highest BCUT2D eigenvalue weighted by Crippen LogP contribution is 2.31. The van der Waals surface area contributed by atoms with Crippen LogP contribution in [-0.2, 0) is 0 Å². The number of rotatable bonds is 4. The van der Waals surface area contributed by atoms with Crippen LogP contribution in [0.2, 0.25) is 0 Å². The summed E-state index contributed by atoms with van der Waals surface area (Å²) in [5.41, 5.74) is 5.54. The predicted octanol–water partition coefficient (Wildman–Crippen LogP) is 3.00. The number of benzene rings is 1. The lowest BCUT2D eigenvalue weighted by Gasteiger charge is -2.07. The molecule has 3 N–H and O–H groups in total. The monoisotopic (exact) mass is 368 g/mol. The van der Waals surface area contributed by atoms with Gasteiger partial charge < -0.3 is 10.9 Å². The lowest BCUT2D eigenvalue weighted by atomic mass is 10.2. The topological polar surface area (TPSA) is 115 Å². The summed E-state index contributed by atoms with van der Waals surface area (Å²) in [6.45, 7) is 0. The van der Waals surface area contributed by atoms with Crippen LogP contribution in [0.4, 0.5) is 5.69 Å². The van der Waals surface area contributed by atoms with Gasteiger partial charge in [0.1, 0.15) is 11.2 Å². The summed E-state index contributed by atoms with van der Waals surface area (Å²) in [5, 5.41) is 22.9. The second-order valence-electron chi connectivity index (χ2n) is 3.84. The third kappa shape index (κ3) is 3.70. The van der Waals surface area contributed by atoms with E-state index in [0.29, 0.717) is 5.03 Å². The summed E-state index contributed by atoms with van der Waals surface area (Å²) in [4.78, 5) is 15.1. The fourth-order valence-corrected chi connectivity index (χ4v) is 2.61. The van der Waals surface area contributed by atoms with Crippen molar-refractivity contribution in [1.29, 1.82) is 0 Å². The number of amidine groups is 1. The molecule has 2 rings (SSSR count). The normalized spacial score (nSPS) is 11.4. The Morgan fingerprint density at radius 1 is 1.43 bits per heavy atom. The van der Waals surface area contributed by atoms with Crippen LogP contribution in [0, 0.1) is 10.1 Å². The number of aromatic nitrogens is 1. The predicted molar refractivity (Wildman–Crippen MR) is 81.7 cm³/mol. The molecular formula is C12H9BrN4O3S. The number of pyridine rings is 1. The minimum atomic E-state index is -0.588. The fourth-order valence-electron chi connectivity index (χ4n) is 1.47. The van der Waals surface area contributed by atoms with Crippen molar-refractivity contribution >= 4 is 39.2 Å². The molecule has 0 atom stereocenters. The van der Waals surface area contributed by atoms with Gasteiger partial charge >= 0.3 is 0 Å². The van der Waals surface area contributed by atoms with Gasteiger partial charge in [0.2, 0.25) is 0 Å². The highest BCUT2D eigenvalue weighted by molar-refractivity contribution is 9.10. The Hall–Kier alpha value is -2.13. The molecule has 0 aliphatic rings. The minimum absolute atomic E-state index is 0.208. The summed E-state index contributed by atoms with van der Waals surface area (Å²) in [6, 6.07) is 8.65. The van der Waals surface area contributed by atoms with Crippen molar-refractivity contribution in [2.75, 3.05) is 0 Å². The second-order valence-corrected chi connectivity index (χ2v) is 5.82. The molecule has 0 aliphatic heterocycles. The van der Waals surface area contributed by atoms with Crippen LogP contribution in [0.5, 0.6) is 0 Å². The average Bonchev–Trinajstić information content (AvgIpc) is 2.49. The van der Waals surface area contributed by atoms with Crippen LogP contribution in [-0.4, -0.2) is 21.0 Å². The molecule has 1 aromatic heterocycles. The van der Waals surface area contributed by atoms with Gasteiger partial charge in [0.05, 0.1) is 10.5 Å². The molecule has 0 saturated heterocycles. The number of halogens is 1. The maximum atomic E-state index is 10.8. The summed E-state index contributed by atoms with van der Waals surface area (Å²) in [7, 11) is 0. The minimum Gasteiger partial charge on any atom is -0.409 e. The van der Waals surface area contributed by atoms with Crippen molar-refractivity contribution < 1.29 is 10.1 Å². The molecule has 9 heteroatoms. The molecular weight excluding hydrogens is 360 g/mol. The first-order valence-corrected chi connectivity index (χ1v) is 7.18. The van der Waals surface area contributed by atoms with Crippen LogP contribution >= 0.6 is 27.7 Å². The van der Waals surface area contributed by atoms with E-state index in [1.807, 2.05) is 24.3 Å². The van der Waals surface area contributed by atoms with Gasteiger partial charge in [0.15, 0.2) is 5.84 Å². The van der Waals surface area contributed by atoms with Gasteiger partial charge in [-0.25, -0.2) is 4.98 Å². The van der Waals surface area contributed by atoms with Crippen molar-refractivity contribution in [3.8, 4) is 0 Å². The highest BCUT2D eigenvalue weighted by atomic mass is 79.9. The molecule has 0 spiro atoms. The Morgan fingerprint density at radius 2 is 2.10 bits per heavy atom. The van der Waals surface area contributed by atoms with Crippen LogP contribution in [0.1, 0.15) is 5.56 Å². The lowest BCUT2D eigenvalue weighted by molar-refractivity contribution is -0.385. The Morgan fingerprint density at radius 3 is 2.67 bits per heavy atom. The second kappa shape index (κ2) is 6.55. The zero-order valence-electron chi connectivity index (χ0n) is 10.4. The van der Waals surface area contributed by atoms with E-state index in [4.69, 9.17) is 10.9 Å². The van der Waals surface area contributed by atoms with Gasteiger partial charge in [0, 0.05) is 15.4 Å². The molecule has 1 aromatic carbocycles. The van der Waals surface area contributed by atoms with E-state index in [9.17, 15) is 10.1 Å². The first kappa shape index (κ1) is 15.3. The Kier molecular flexibility index (Phi) is 4.76. The third-order valence-corrected chi connectivity index (χ3v) is 4.01. The molecule has 0 fully saturated rings. The van der Waals surface area contributed by atoms with E-state index >= 15 is 0 Å². The Bertz CT molecular complexity index is 706. The summed E-state index contributed by atoms with van der Waals surface area (Å²) < 4.78 is 0.931. The van der Waals surface area contributed by atoms with Crippen molar-refractivity contribution in [3.05, 3.63) is 56.7 Å². The molecule has 0 radical (unpaired) electrons. The molecule has 7 nitrogen and oxygen atoms in total. The highest BCUT2D eigenvalue weighted by Gasteiger charge is 2.16. The van der Waals surface area contributed by atoms with E-state index in [1.54, 1.807) is 0 Å². The van der Waals surface area contributed by atoms with E-state index in [1.165, 1.54) is 17.8 Å². The number of nitrogens with two attached hydrogens (primary N) is 1. The quantitative estimate of drug-likeness (QED) is 0.282. The smallest absolute Gasteiger partial charge is 0.288 e. The molecule has 0 bridgehead atoms. The van der Waals surface area contributed by atoms with Crippen LogP contribution in [0.25, 0.3) is 0 Å². The van der Waals surface area contributed by atoms with Crippen molar-refractivity contribution in [2.45, 2.75) is 9.92 Å². The molecule has 0 unspecified atom stereocenters. The van der Waals surface area contributed by atoms with Crippen LogP contribution in [0.3, 0.4) is 0 Å². The number of oxime groups is 1. The van der Waals surface area contributed by atoms with Gasteiger partial charge in [-0.3, -0.25) is 10.1 Å². The van der Waals surface area contributed by atoms with Gasteiger partial charge in [0.25, 0.3) is 5.69 Å². The first-order valence-electron chi connectivity index (χ1n) is 5.57. The standard InChI is InChI=1S/C12H9BrN4O3S/c13-7-1-3-9(4-2-7)21-12-10(11(14)16-18)5-8(6-15-12)17(19)20/h1-6,18H,(H2,14,16). The molecule has 2 aromatic rings. The summed E-state index contributed by atoms with van der Waals surface area (Å²) in [5.74, 6) is -0.231. The van der Waals surface area contributed by atoms with Gasteiger partial charge in [-0.05, 0) is 24.3 Å². The average molecular weight is 369 g/mol. The van der Waals surface area contributed by atoms with Crippen LogP contribution in [0.15, 0.2) is 56.1 Å². The summed E-state index contributed by atoms with van der Waals surface area (Å²) >= 11 is 4.59. The molecule has 0 amide bonds. The van der Waals surface area contributed by atoms with Crippen molar-refractivity contribution in [1.82, 2.24) is 4.98 Å². The van der Waals surface area contributed by atoms with E-state index < -0.39 is 4.92 Å². The molecule has 108 valence electrons. The molecule has 0 aliphatic carbocycles. The number of nitrogens with zero attached hydrogens (tertiary/aromatic N) is 3. The van der Waals surface area contributed by atoms with E-state index in [0.717, 1.165) is 15.6 Å².